The van der Waals surface area contributed by atoms with Gasteiger partial charge in [-0.3, -0.25) is 4.79 Å². The smallest absolute Gasteiger partial charge is 0.315 e. The molecule has 2 aliphatic carbocycles. The van der Waals surface area contributed by atoms with Gasteiger partial charge in [0.15, 0.2) is 0 Å². The van der Waals surface area contributed by atoms with Crippen LogP contribution in [0.1, 0.15) is 44.9 Å². The third-order valence-corrected chi connectivity index (χ3v) is 4.85. The van der Waals surface area contributed by atoms with Crippen LogP contribution in [0, 0.1) is 5.92 Å². The lowest BCUT2D eigenvalue weighted by atomic mass is 10.0. The predicted octanol–water partition coefficient (Wildman–Crippen LogP) is 1.41. The highest BCUT2D eigenvalue weighted by atomic mass is 16.4. The minimum absolute atomic E-state index is 0.227. The monoisotopic (exact) mass is 297 g/mol. The van der Waals surface area contributed by atoms with Gasteiger partial charge in [-0.05, 0) is 32.7 Å². The van der Waals surface area contributed by atoms with Crippen LogP contribution in [-0.4, -0.2) is 54.2 Å². The molecular weight excluding hydrogens is 270 g/mol. The van der Waals surface area contributed by atoms with Crippen molar-refractivity contribution < 1.29 is 14.7 Å². The fourth-order valence-corrected chi connectivity index (χ4v) is 3.52. The van der Waals surface area contributed by atoms with E-state index in [1.165, 1.54) is 25.7 Å². The number of carbonyl (C=O) groups excluding carboxylic acids is 1. The lowest BCUT2D eigenvalue weighted by molar-refractivity contribution is -0.142. The van der Waals surface area contributed by atoms with E-state index in [0.29, 0.717) is 19.0 Å². The Balaban J connectivity index is 1.64. The van der Waals surface area contributed by atoms with Crippen molar-refractivity contribution in [1.29, 1.82) is 0 Å². The Bertz CT molecular complexity index is 369. The van der Waals surface area contributed by atoms with Crippen LogP contribution >= 0.6 is 0 Å². The molecule has 0 aromatic carbocycles. The number of rotatable bonds is 6. The fraction of sp³-hybridized carbons (Fsp3) is 0.867. The number of urea groups is 1. The van der Waals surface area contributed by atoms with Crippen molar-refractivity contribution in [1.82, 2.24) is 15.5 Å². The Morgan fingerprint density at radius 3 is 2.52 bits per heavy atom. The summed E-state index contributed by atoms with van der Waals surface area (Å²) in [5.41, 5.74) is 0. The Morgan fingerprint density at radius 2 is 1.86 bits per heavy atom. The van der Waals surface area contributed by atoms with Crippen LogP contribution in [0.15, 0.2) is 0 Å². The van der Waals surface area contributed by atoms with E-state index in [-0.39, 0.29) is 12.1 Å². The number of hydrogen-bond acceptors (Lipinski definition) is 3. The van der Waals surface area contributed by atoms with Gasteiger partial charge in [0.25, 0.3) is 0 Å². The maximum absolute atomic E-state index is 11.8. The van der Waals surface area contributed by atoms with Crippen molar-refractivity contribution in [3.8, 4) is 0 Å². The minimum atomic E-state index is -0.807. The van der Waals surface area contributed by atoms with Crippen LogP contribution in [0.25, 0.3) is 0 Å². The van der Waals surface area contributed by atoms with Gasteiger partial charge < -0.3 is 20.6 Å². The molecule has 0 saturated heterocycles. The number of aliphatic carboxylic acids is 1. The van der Waals surface area contributed by atoms with Crippen LogP contribution < -0.4 is 10.6 Å². The summed E-state index contributed by atoms with van der Waals surface area (Å²) in [6, 6.07) is 0.184. The first-order chi connectivity index (χ1) is 10.1. The van der Waals surface area contributed by atoms with Crippen molar-refractivity contribution in [2.45, 2.75) is 57.0 Å². The first-order valence-electron chi connectivity index (χ1n) is 8.05. The second-order valence-corrected chi connectivity index (χ2v) is 6.30. The summed E-state index contributed by atoms with van der Waals surface area (Å²) in [5, 5.41) is 14.7. The Hall–Kier alpha value is -1.30. The topological polar surface area (TPSA) is 81.7 Å². The molecule has 3 N–H and O–H groups in total. The fourth-order valence-electron chi connectivity index (χ4n) is 3.52. The van der Waals surface area contributed by atoms with Gasteiger partial charge in [0.05, 0.1) is 5.92 Å². The zero-order chi connectivity index (χ0) is 15.2. The van der Waals surface area contributed by atoms with Crippen molar-refractivity contribution in [2.75, 3.05) is 20.1 Å². The second-order valence-electron chi connectivity index (χ2n) is 6.30. The highest BCUT2D eigenvalue weighted by molar-refractivity contribution is 5.77. The lowest BCUT2D eigenvalue weighted by Crippen LogP contribution is -2.47. The van der Waals surface area contributed by atoms with Crippen molar-refractivity contribution in [3.05, 3.63) is 0 Å². The van der Waals surface area contributed by atoms with Gasteiger partial charge in [-0.15, -0.1) is 0 Å². The van der Waals surface area contributed by atoms with Gasteiger partial charge in [0.1, 0.15) is 0 Å². The van der Waals surface area contributed by atoms with E-state index in [2.05, 4.69) is 22.6 Å². The molecule has 2 amide bonds. The van der Waals surface area contributed by atoms with Crippen LogP contribution in [0.2, 0.25) is 0 Å². The molecule has 0 radical (unpaired) electrons. The number of carboxylic acid groups (broad SMARTS) is 1. The zero-order valence-corrected chi connectivity index (χ0v) is 12.8. The molecule has 0 aromatic heterocycles. The SMILES string of the molecule is CN(CCNC(=O)NC1CCCC1C(=O)O)C1CCCC1. The molecule has 6 heteroatoms. The summed E-state index contributed by atoms with van der Waals surface area (Å²) in [6.07, 6.45) is 7.40. The number of likely N-dealkylation sites (N-methyl/N-ethyl adjacent to an activating group) is 1. The van der Waals surface area contributed by atoms with E-state index in [0.717, 1.165) is 19.4 Å². The quantitative estimate of drug-likeness (QED) is 0.692. The molecule has 2 unspecified atom stereocenters. The average molecular weight is 297 g/mol. The number of hydrogen-bond donors (Lipinski definition) is 3. The molecule has 0 spiro atoms. The molecule has 2 atom stereocenters. The average Bonchev–Trinajstić information content (AvgIpc) is 3.09. The zero-order valence-electron chi connectivity index (χ0n) is 12.8. The predicted molar refractivity (Wildman–Crippen MR) is 80.2 cm³/mol. The van der Waals surface area contributed by atoms with Crippen molar-refractivity contribution >= 4 is 12.0 Å². The van der Waals surface area contributed by atoms with Gasteiger partial charge in [-0.25, -0.2) is 4.79 Å². The minimum Gasteiger partial charge on any atom is -0.481 e. The molecule has 2 aliphatic rings. The molecular formula is C15H27N3O3. The van der Waals surface area contributed by atoms with Gasteiger partial charge in [-0.1, -0.05) is 19.3 Å². The maximum Gasteiger partial charge on any atom is 0.315 e. The third kappa shape index (κ3) is 4.59. The van der Waals surface area contributed by atoms with Crippen LogP contribution in [-0.2, 0) is 4.79 Å². The molecule has 21 heavy (non-hydrogen) atoms. The molecule has 0 heterocycles. The molecule has 6 nitrogen and oxygen atoms in total. The molecule has 2 rings (SSSR count). The molecule has 0 aliphatic heterocycles. The van der Waals surface area contributed by atoms with E-state index in [1.807, 2.05) is 0 Å². The van der Waals surface area contributed by atoms with Crippen molar-refractivity contribution in [3.63, 3.8) is 0 Å². The Morgan fingerprint density at radius 1 is 1.14 bits per heavy atom. The first kappa shape index (κ1) is 16.1. The van der Waals surface area contributed by atoms with E-state index in [4.69, 9.17) is 5.11 Å². The van der Waals surface area contributed by atoms with E-state index >= 15 is 0 Å². The summed E-state index contributed by atoms with van der Waals surface area (Å²) in [7, 11) is 2.10. The van der Waals surface area contributed by atoms with E-state index in [1.54, 1.807) is 0 Å². The summed E-state index contributed by atoms with van der Waals surface area (Å²) in [4.78, 5) is 25.2. The number of carbonyl (C=O) groups is 2. The summed E-state index contributed by atoms with van der Waals surface area (Å²) in [6.45, 7) is 1.44. The van der Waals surface area contributed by atoms with Gasteiger partial charge in [-0.2, -0.15) is 0 Å². The van der Waals surface area contributed by atoms with Gasteiger partial charge in [0.2, 0.25) is 0 Å². The largest absolute Gasteiger partial charge is 0.481 e. The standard InChI is InChI=1S/C15H27N3O3/c1-18(11-5-2-3-6-11)10-9-16-15(21)17-13-8-4-7-12(13)14(19)20/h11-13H,2-10H2,1H3,(H,19,20)(H2,16,17,21). The highest BCUT2D eigenvalue weighted by Crippen LogP contribution is 2.25. The number of carboxylic acids is 1. The molecule has 2 fully saturated rings. The van der Waals surface area contributed by atoms with E-state index in [9.17, 15) is 9.59 Å². The van der Waals surface area contributed by atoms with E-state index < -0.39 is 11.9 Å². The summed E-state index contributed by atoms with van der Waals surface area (Å²) in [5.74, 6) is -1.24. The van der Waals surface area contributed by atoms with Crippen LogP contribution in [0.5, 0.6) is 0 Å². The van der Waals surface area contributed by atoms with Crippen molar-refractivity contribution in [2.24, 2.45) is 5.92 Å². The van der Waals surface area contributed by atoms with Gasteiger partial charge >= 0.3 is 12.0 Å². The first-order valence-corrected chi connectivity index (χ1v) is 8.05. The van der Waals surface area contributed by atoms with Gasteiger partial charge in [0, 0.05) is 25.2 Å². The third-order valence-electron chi connectivity index (χ3n) is 4.85. The molecule has 0 bridgehead atoms. The maximum atomic E-state index is 11.8. The number of amides is 2. The summed E-state index contributed by atoms with van der Waals surface area (Å²) >= 11 is 0. The molecule has 120 valence electrons. The molecule has 2 saturated carbocycles. The number of nitrogens with zero attached hydrogens (tertiary/aromatic N) is 1. The normalized spacial score (nSPS) is 26.2. The second kappa shape index (κ2) is 7.64. The highest BCUT2D eigenvalue weighted by Gasteiger charge is 2.33. The lowest BCUT2D eigenvalue weighted by Gasteiger charge is -2.24. The van der Waals surface area contributed by atoms with Crippen LogP contribution in [0.3, 0.4) is 0 Å². The summed E-state index contributed by atoms with van der Waals surface area (Å²) < 4.78 is 0. The van der Waals surface area contributed by atoms with Crippen LogP contribution in [0.4, 0.5) is 4.79 Å². The number of nitrogens with one attached hydrogen (secondary N) is 2. The Labute approximate surface area is 126 Å². The Kier molecular flexibility index (Phi) is 5.85. The molecule has 0 aromatic rings.